The molecule has 0 aliphatic heterocycles. The van der Waals surface area contributed by atoms with Crippen molar-refractivity contribution in [2.45, 2.75) is 12.1 Å². The second kappa shape index (κ2) is 8.91. The summed E-state index contributed by atoms with van der Waals surface area (Å²) in [6.07, 6.45) is 0. The second-order valence-electron chi connectivity index (χ2n) is 3.54. The van der Waals surface area contributed by atoms with Gasteiger partial charge in [-0.1, -0.05) is 0 Å². The highest BCUT2D eigenvalue weighted by molar-refractivity contribution is 5.87. The number of rotatable bonds is 8. The van der Waals surface area contributed by atoms with E-state index in [0.29, 0.717) is 13.1 Å². The Morgan fingerprint density at radius 3 is 2.00 bits per heavy atom. The van der Waals surface area contributed by atoms with Crippen LogP contribution in [-0.4, -0.2) is 65.3 Å². The van der Waals surface area contributed by atoms with Gasteiger partial charge < -0.3 is 26.0 Å². The van der Waals surface area contributed by atoms with Crippen LogP contribution in [0.15, 0.2) is 0 Å². The van der Waals surface area contributed by atoms with Crippen molar-refractivity contribution in [1.82, 2.24) is 21.3 Å². The van der Waals surface area contributed by atoms with Crippen molar-refractivity contribution < 1.29 is 14.3 Å². The third-order valence-electron chi connectivity index (χ3n) is 2.28. The number of methoxy groups -OCH3 is 1. The summed E-state index contributed by atoms with van der Waals surface area (Å²) in [4.78, 5) is 23.2. The summed E-state index contributed by atoms with van der Waals surface area (Å²) in [7, 11) is 6.43. The van der Waals surface area contributed by atoms with Crippen molar-refractivity contribution in [3.63, 3.8) is 0 Å². The average Bonchev–Trinajstić information content (AvgIpc) is 2.34. The second-order valence-corrected chi connectivity index (χ2v) is 3.54. The summed E-state index contributed by atoms with van der Waals surface area (Å²) in [5, 5.41) is 11.2. The molecule has 0 saturated heterocycles. The third-order valence-corrected chi connectivity index (χ3v) is 2.28. The highest BCUT2D eigenvalue weighted by Crippen LogP contribution is 1.89. The van der Waals surface area contributed by atoms with Crippen molar-refractivity contribution in [2.75, 3.05) is 41.3 Å². The summed E-state index contributed by atoms with van der Waals surface area (Å²) < 4.78 is 4.61. The minimum atomic E-state index is -0.676. The van der Waals surface area contributed by atoms with E-state index in [2.05, 4.69) is 26.0 Å². The molecule has 0 bridgehead atoms. The number of carbonyl (C=O) groups excluding carboxylic acids is 2. The fraction of sp³-hybridized carbons (Fsp3) is 0.800. The van der Waals surface area contributed by atoms with Crippen molar-refractivity contribution in [2.24, 2.45) is 0 Å². The molecule has 17 heavy (non-hydrogen) atoms. The van der Waals surface area contributed by atoms with Gasteiger partial charge in [-0.25, -0.2) is 4.79 Å². The Bertz CT molecular complexity index is 248. The number of esters is 1. The van der Waals surface area contributed by atoms with Crippen molar-refractivity contribution in [3.8, 4) is 0 Å². The zero-order chi connectivity index (χ0) is 13.3. The van der Waals surface area contributed by atoms with Crippen molar-refractivity contribution >= 4 is 11.9 Å². The van der Waals surface area contributed by atoms with Crippen LogP contribution in [0, 0.1) is 0 Å². The SMILES string of the molecule is CNCC(NC)C(=O)NC(CNC)C(=O)OC. The van der Waals surface area contributed by atoms with Crippen LogP contribution in [0.5, 0.6) is 0 Å². The Balaban J connectivity index is 4.41. The van der Waals surface area contributed by atoms with Crippen molar-refractivity contribution in [1.29, 1.82) is 0 Å². The Kier molecular flexibility index (Phi) is 8.29. The van der Waals surface area contributed by atoms with Crippen LogP contribution in [0.3, 0.4) is 0 Å². The molecule has 0 radical (unpaired) electrons. The molecule has 0 fully saturated rings. The van der Waals surface area contributed by atoms with E-state index in [4.69, 9.17) is 0 Å². The Morgan fingerprint density at radius 2 is 1.59 bits per heavy atom. The topological polar surface area (TPSA) is 91.5 Å². The lowest BCUT2D eigenvalue weighted by molar-refractivity contribution is -0.145. The lowest BCUT2D eigenvalue weighted by Crippen LogP contribution is -2.55. The predicted molar refractivity (Wildman–Crippen MR) is 64.6 cm³/mol. The van der Waals surface area contributed by atoms with Crippen LogP contribution in [0.4, 0.5) is 0 Å². The van der Waals surface area contributed by atoms with Crippen LogP contribution in [-0.2, 0) is 14.3 Å². The lowest BCUT2D eigenvalue weighted by Gasteiger charge is -2.20. The molecule has 0 saturated carbocycles. The molecule has 0 rings (SSSR count). The van der Waals surface area contributed by atoms with Gasteiger partial charge in [0.05, 0.1) is 13.2 Å². The number of likely N-dealkylation sites (N-methyl/N-ethyl adjacent to an activating group) is 3. The normalized spacial score (nSPS) is 13.9. The molecule has 2 unspecified atom stereocenters. The van der Waals surface area contributed by atoms with Gasteiger partial charge in [-0.15, -0.1) is 0 Å². The largest absolute Gasteiger partial charge is 0.467 e. The zero-order valence-corrected chi connectivity index (χ0v) is 10.8. The van der Waals surface area contributed by atoms with E-state index in [-0.39, 0.29) is 11.9 Å². The lowest BCUT2D eigenvalue weighted by atomic mass is 10.2. The molecule has 4 N–H and O–H groups in total. The predicted octanol–water partition coefficient (Wildman–Crippen LogP) is -2.33. The third kappa shape index (κ3) is 5.62. The van der Waals surface area contributed by atoms with Gasteiger partial charge in [-0.05, 0) is 21.1 Å². The van der Waals surface area contributed by atoms with Gasteiger partial charge in [0.1, 0.15) is 6.04 Å². The number of nitrogens with one attached hydrogen (secondary N) is 4. The molecular weight excluding hydrogens is 224 g/mol. The fourth-order valence-electron chi connectivity index (χ4n) is 1.34. The molecule has 0 heterocycles. The van der Waals surface area contributed by atoms with Gasteiger partial charge in [0.25, 0.3) is 0 Å². The Labute approximate surface area is 102 Å². The number of hydrogen-bond acceptors (Lipinski definition) is 6. The maximum absolute atomic E-state index is 11.8. The van der Waals surface area contributed by atoms with Gasteiger partial charge in [-0.2, -0.15) is 0 Å². The molecule has 2 atom stereocenters. The molecule has 0 aromatic heterocycles. The first-order valence-corrected chi connectivity index (χ1v) is 5.45. The first-order chi connectivity index (χ1) is 8.10. The van der Waals surface area contributed by atoms with E-state index in [1.807, 2.05) is 0 Å². The maximum Gasteiger partial charge on any atom is 0.329 e. The molecule has 0 aromatic rings. The van der Waals surface area contributed by atoms with E-state index in [0.717, 1.165) is 0 Å². The molecule has 7 heteroatoms. The fourth-order valence-corrected chi connectivity index (χ4v) is 1.34. The quantitative estimate of drug-likeness (QED) is 0.359. The summed E-state index contributed by atoms with van der Waals surface area (Å²) >= 11 is 0. The summed E-state index contributed by atoms with van der Waals surface area (Å²) in [6, 6.07) is -1.06. The molecule has 0 aliphatic rings. The van der Waals surface area contributed by atoms with E-state index < -0.39 is 12.0 Å². The summed E-state index contributed by atoms with van der Waals surface area (Å²) in [5.41, 5.74) is 0. The number of carbonyl (C=O) groups is 2. The van der Waals surface area contributed by atoms with Gasteiger partial charge >= 0.3 is 5.97 Å². The Hall–Kier alpha value is -1.18. The first-order valence-electron chi connectivity index (χ1n) is 5.45. The van der Waals surface area contributed by atoms with Crippen LogP contribution in [0.1, 0.15) is 0 Å². The van der Waals surface area contributed by atoms with Gasteiger partial charge in [0.2, 0.25) is 5.91 Å². The van der Waals surface area contributed by atoms with Crippen LogP contribution >= 0.6 is 0 Å². The van der Waals surface area contributed by atoms with Gasteiger partial charge in [0, 0.05) is 13.1 Å². The van der Waals surface area contributed by atoms with Crippen LogP contribution in [0.2, 0.25) is 0 Å². The zero-order valence-electron chi connectivity index (χ0n) is 10.8. The summed E-state index contributed by atoms with van der Waals surface area (Å²) in [6.45, 7) is 0.810. The Morgan fingerprint density at radius 1 is 1.06 bits per heavy atom. The summed E-state index contributed by atoms with van der Waals surface area (Å²) in [5.74, 6) is -0.709. The molecule has 1 amide bonds. The monoisotopic (exact) mass is 246 g/mol. The van der Waals surface area contributed by atoms with E-state index in [1.54, 1.807) is 21.1 Å². The molecule has 0 spiro atoms. The van der Waals surface area contributed by atoms with E-state index in [9.17, 15) is 9.59 Å². The molecule has 100 valence electrons. The van der Waals surface area contributed by atoms with Crippen molar-refractivity contribution in [3.05, 3.63) is 0 Å². The van der Waals surface area contributed by atoms with Crippen LogP contribution < -0.4 is 21.3 Å². The van der Waals surface area contributed by atoms with Crippen LogP contribution in [0.25, 0.3) is 0 Å². The number of amides is 1. The minimum absolute atomic E-state index is 0.243. The maximum atomic E-state index is 11.8. The first kappa shape index (κ1) is 15.8. The molecular formula is C10H22N4O3. The van der Waals surface area contributed by atoms with E-state index >= 15 is 0 Å². The van der Waals surface area contributed by atoms with E-state index in [1.165, 1.54) is 7.11 Å². The number of hydrogen-bond donors (Lipinski definition) is 4. The highest BCUT2D eigenvalue weighted by Gasteiger charge is 2.24. The average molecular weight is 246 g/mol. The minimum Gasteiger partial charge on any atom is -0.467 e. The standard InChI is InChI=1S/C10H22N4O3/c1-11-5-7(13-3)9(15)14-8(6-12-2)10(16)17-4/h7-8,11-13H,5-6H2,1-4H3,(H,14,15). The van der Waals surface area contributed by atoms with Gasteiger partial charge in [-0.3, -0.25) is 4.79 Å². The highest BCUT2D eigenvalue weighted by atomic mass is 16.5. The molecule has 0 aromatic carbocycles. The molecule has 0 aliphatic carbocycles. The van der Waals surface area contributed by atoms with Gasteiger partial charge in [0.15, 0.2) is 0 Å². The molecule has 7 nitrogen and oxygen atoms in total. The smallest absolute Gasteiger partial charge is 0.329 e. The number of ether oxygens (including phenoxy) is 1.